The number of hydrogen-bond donors (Lipinski definition) is 1. The Balaban J connectivity index is 2.57. The van der Waals surface area contributed by atoms with Crippen molar-refractivity contribution in [1.29, 1.82) is 0 Å². The standard InChI is InChI=1S/C16H25N/c1-11-9-12(2)14(4)15(13(11)3)16(10-17-5)7-6-8-16/h9,17H,6-8,10H2,1-5H3. The molecule has 17 heavy (non-hydrogen) atoms. The Morgan fingerprint density at radius 1 is 1.06 bits per heavy atom. The maximum absolute atomic E-state index is 3.40. The van der Waals surface area contributed by atoms with Gasteiger partial charge in [-0.05, 0) is 75.4 Å². The van der Waals surface area contributed by atoms with Crippen molar-refractivity contribution in [3.63, 3.8) is 0 Å². The van der Waals surface area contributed by atoms with Crippen LogP contribution in [0.2, 0.25) is 0 Å². The van der Waals surface area contributed by atoms with Gasteiger partial charge in [-0.15, -0.1) is 0 Å². The van der Waals surface area contributed by atoms with Gasteiger partial charge in [0.1, 0.15) is 0 Å². The fourth-order valence-corrected chi connectivity index (χ4v) is 3.47. The maximum Gasteiger partial charge on any atom is 0.00831 e. The van der Waals surface area contributed by atoms with Crippen LogP contribution in [0.5, 0.6) is 0 Å². The van der Waals surface area contributed by atoms with Crippen molar-refractivity contribution >= 4 is 0 Å². The van der Waals surface area contributed by atoms with Gasteiger partial charge >= 0.3 is 0 Å². The summed E-state index contributed by atoms with van der Waals surface area (Å²) < 4.78 is 0. The van der Waals surface area contributed by atoms with E-state index in [1.54, 1.807) is 5.56 Å². The minimum Gasteiger partial charge on any atom is -0.319 e. The van der Waals surface area contributed by atoms with Crippen LogP contribution in [-0.4, -0.2) is 13.6 Å². The van der Waals surface area contributed by atoms with E-state index < -0.39 is 0 Å². The van der Waals surface area contributed by atoms with Crippen molar-refractivity contribution in [3.8, 4) is 0 Å². The number of nitrogens with one attached hydrogen (secondary N) is 1. The predicted molar refractivity (Wildman–Crippen MR) is 74.8 cm³/mol. The van der Waals surface area contributed by atoms with E-state index in [1.165, 1.54) is 41.5 Å². The molecule has 94 valence electrons. The lowest BCUT2D eigenvalue weighted by Gasteiger charge is -2.45. The minimum absolute atomic E-state index is 0.416. The molecule has 0 amide bonds. The highest BCUT2D eigenvalue weighted by molar-refractivity contribution is 5.49. The lowest BCUT2D eigenvalue weighted by atomic mass is 9.61. The Morgan fingerprint density at radius 3 is 1.94 bits per heavy atom. The second-order valence-corrected chi connectivity index (χ2v) is 5.80. The molecule has 2 rings (SSSR count). The third-order valence-electron chi connectivity index (χ3n) is 4.72. The zero-order valence-corrected chi connectivity index (χ0v) is 11.9. The van der Waals surface area contributed by atoms with E-state index in [-0.39, 0.29) is 0 Å². The summed E-state index contributed by atoms with van der Waals surface area (Å²) in [7, 11) is 2.08. The van der Waals surface area contributed by atoms with E-state index in [0.717, 1.165) is 6.54 Å². The molecule has 1 N–H and O–H groups in total. The van der Waals surface area contributed by atoms with E-state index in [4.69, 9.17) is 0 Å². The summed E-state index contributed by atoms with van der Waals surface area (Å²) in [5, 5.41) is 3.40. The Labute approximate surface area is 106 Å². The quantitative estimate of drug-likeness (QED) is 0.838. The van der Waals surface area contributed by atoms with Gasteiger partial charge in [0.2, 0.25) is 0 Å². The molecule has 1 aliphatic rings. The maximum atomic E-state index is 3.40. The molecule has 1 fully saturated rings. The van der Waals surface area contributed by atoms with Gasteiger partial charge in [-0.1, -0.05) is 12.5 Å². The Hall–Kier alpha value is -0.820. The molecule has 0 aliphatic heterocycles. The molecule has 1 aromatic rings. The second-order valence-electron chi connectivity index (χ2n) is 5.80. The van der Waals surface area contributed by atoms with Gasteiger partial charge in [0.15, 0.2) is 0 Å². The average molecular weight is 231 g/mol. The minimum atomic E-state index is 0.416. The highest BCUT2D eigenvalue weighted by Gasteiger charge is 2.40. The molecule has 0 aromatic heterocycles. The van der Waals surface area contributed by atoms with Crippen LogP contribution in [0.25, 0.3) is 0 Å². The summed E-state index contributed by atoms with van der Waals surface area (Å²) in [5.74, 6) is 0. The Bertz CT molecular complexity index is 401. The predicted octanol–water partition coefficient (Wildman–Crippen LogP) is 3.56. The molecule has 0 unspecified atom stereocenters. The fraction of sp³-hybridized carbons (Fsp3) is 0.625. The van der Waals surface area contributed by atoms with Crippen molar-refractivity contribution in [2.75, 3.05) is 13.6 Å². The molecule has 0 bridgehead atoms. The molecule has 0 radical (unpaired) electrons. The van der Waals surface area contributed by atoms with Crippen LogP contribution in [0.15, 0.2) is 6.07 Å². The third-order valence-corrected chi connectivity index (χ3v) is 4.72. The first-order valence-electron chi connectivity index (χ1n) is 6.74. The van der Waals surface area contributed by atoms with Crippen LogP contribution < -0.4 is 5.32 Å². The summed E-state index contributed by atoms with van der Waals surface area (Å²) in [4.78, 5) is 0. The van der Waals surface area contributed by atoms with Gasteiger partial charge in [-0.25, -0.2) is 0 Å². The smallest absolute Gasteiger partial charge is 0.00831 e. The lowest BCUT2D eigenvalue weighted by Crippen LogP contribution is -2.44. The first kappa shape index (κ1) is 12.6. The second kappa shape index (κ2) is 4.45. The molecule has 0 spiro atoms. The van der Waals surface area contributed by atoms with Gasteiger partial charge in [0.25, 0.3) is 0 Å². The van der Waals surface area contributed by atoms with Crippen molar-refractivity contribution < 1.29 is 0 Å². The van der Waals surface area contributed by atoms with E-state index in [0.29, 0.717) is 5.41 Å². The zero-order chi connectivity index (χ0) is 12.6. The average Bonchev–Trinajstić information content (AvgIpc) is 2.23. The van der Waals surface area contributed by atoms with Gasteiger partial charge in [-0.2, -0.15) is 0 Å². The van der Waals surface area contributed by atoms with Crippen LogP contribution in [0.3, 0.4) is 0 Å². The third kappa shape index (κ3) is 1.91. The van der Waals surface area contributed by atoms with Gasteiger partial charge in [0, 0.05) is 12.0 Å². The summed E-state index contributed by atoms with van der Waals surface area (Å²) in [6, 6.07) is 2.33. The summed E-state index contributed by atoms with van der Waals surface area (Å²) in [6.07, 6.45) is 4.07. The van der Waals surface area contributed by atoms with E-state index in [9.17, 15) is 0 Å². The highest BCUT2D eigenvalue weighted by Crippen LogP contribution is 2.46. The molecule has 1 aliphatic carbocycles. The number of benzene rings is 1. The summed E-state index contributed by atoms with van der Waals surface area (Å²) in [5.41, 5.74) is 7.98. The van der Waals surface area contributed by atoms with Gasteiger partial charge in [-0.3, -0.25) is 0 Å². The monoisotopic (exact) mass is 231 g/mol. The Morgan fingerprint density at radius 2 is 1.59 bits per heavy atom. The first-order chi connectivity index (χ1) is 8.02. The molecule has 1 heteroatoms. The van der Waals surface area contributed by atoms with E-state index in [1.807, 2.05) is 0 Å². The van der Waals surface area contributed by atoms with Gasteiger partial charge < -0.3 is 5.32 Å². The van der Waals surface area contributed by atoms with Crippen LogP contribution in [-0.2, 0) is 5.41 Å². The number of likely N-dealkylation sites (N-methyl/N-ethyl adjacent to an activating group) is 1. The lowest BCUT2D eigenvalue weighted by molar-refractivity contribution is 0.236. The molecule has 1 saturated carbocycles. The normalized spacial score (nSPS) is 17.9. The molecule has 1 aromatic carbocycles. The van der Waals surface area contributed by atoms with Crippen molar-refractivity contribution in [2.45, 2.75) is 52.4 Å². The van der Waals surface area contributed by atoms with Crippen molar-refractivity contribution in [1.82, 2.24) is 5.32 Å². The summed E-state index contributed by atoms with van der Waals surface area (Å²) >= 11 is 0. The SMILES string of the molecule is CNCC1(c2c(C)c(C)cc(C)c2C)CCC1. The summed E-state index contributed by atoms with van der Waals surface area (Å²) in [6.45, 7) is 10.2. The molecule has 1 nitrogen and oxygen atoms in total. The van der Waals surface area contributed by atoms with Crippen LogP contribution in [0, 0.1) is 27.7 Å². The Kier molecular flexibility index (Phi) is 3.31. The van der Waals surface area contributed by atoms with Crippen LogP contribution >= 0.6 is 0 Å². The largest absolute Gasteiger partial charge is 0.319 e. The van der Waals surface area contributed by atoms with E-state index >= 15 is 0 Å². The molecule has 0 atom stereocenters. The topological polar surface area (TPSA) is 12.0 Å². The van der Waals surface area contributed by atoms with Gasteiger partial charge in [0.05, 0.1) is 0 Å². The molecular formula is C16H25N. The number of aryl methyl sites for hydroxylation is 2. The highest BCUT2D eigenvalue weighted by atomic mass is 14.8. The number of hydrogen-bond acceptors (Lipinski definition) is 1. The first-order valence-corrected chi connectivity index (χ1v) is 6.74. The molecular weight excluding hydrogens is 206 g/mol. The fourth-order valence-electron chi connectivity index (χ4n) is 3.47. The van der Waals surface area contributed by atoms with Crippen molar-refractivity contribution in [3.05, 3.63) is 33.9 Å². The van der Waals surface area contributed by atoms with Crippen molar-refractivity contribution in [2.24, 2.45) is 0 Å². The molecule has 0 saturated heterocycles. The van der Waals surface area contributed by atoms with Crippen LogP contribution in [0.1, 0.15) is 47.1 Å². The van der Waals surface area contributed by atoms with E-state index in [2.05, 4.69) is 46.1 Å². The van der Waals surface area contributed by atoms with Crippen LogP contribution in [0.4, 0.5) is 0 Å². The molecule has 0 heterocycles. The zero-order valence-electron chi connectivity index (χ0n) is 11.9. The number of rotatable bonds is 3.